The average molecular weight is 455 g/mol. The van der Waals surface area contributed by atoms with Crippen molar-refractivity contribution in [1.82, 2.24) is 14.9 Å². The van der Waals surface area contributed by atoms with Gasteiger partial charge in [0.15, 0.2) is 5.11 Å². The van der Waals surface area contributed by atoms with E-state index in [2.05, 4.69) is 64.8 Å². The smallest absolute Gasteiger partial charge is 0.174 e. The molecule has 0 amide bonds. The molecule has 6 heteroatoms. The summed E-state index contributed by atoms with van der Waals surface area (Å²) in [6, 6.07) is 23.4. The van der Waals surface area contributed by atoms with E-state index >= 15 is 0 Å². The number of nitrogens with one attached hydrogen (secondary N) is 1. The molecule has 1 aliphatic rings. The Morgan fingerprint density at radius 2 is 1.55 bits per heavy atom. The van der Waals surface area contributed by atoms with Crippen molar-refractivity contribution in [2.45, 2.75) is 32.9 Å². The minimum absolute atomic E-state index is 0.0967. The van der Waals surface area contributed by atoms with E-state index in [4.69, 9.17) is 12.2 Å². The largest absolute Gasteiger partial charge is 0.508 e. The second-order valence-electron chi connectivity index (χ2n) is 8.39. The van der Waals surface area contributed by atoms with Gasteiger partial charge in [0, 0.05) is 34.5 Å². The molecule has 5 rings (SSSR count). The topological polar surface area (TPSA) is 53.3 Å². The van der Waals surface area contributed by atoms with Crippen molar-refractivity contribution in [3.05, 3.63) is 107 Å². The van der Waals surface area contributed by atoms with Crippen LogP contribution in [0.4, 0.5) is 5.69 Å². The molecule has 0 bridgehead atoms. The quantitative estimate of drug-likeness (QED) is 0.389. The van der Waals surface area contributed by atoms with Crippen LogP contribution in [0.15, 0.2) is 79.0 Å². The monoisotopic (exact) mass is 454 g/mol. The fourth-order valence-electron chi connectivity index (χ4n) is 4.95. The van der Waals surface area contributed by atoms with E-state index < -0.39 is 0 Å². The Morgan fingerprint density at radius 1 is 0.848 bits per heavy atom. The number of thiocarbonyl (C=S) groups is 1. The lowest BCUT2D eigenvalue weighted by Crippen LogP contribution is -2.29. The molecule has 1 fully saturated rings. The molecule has 2 atom stereocenters. The molecule has 2 aromatic heterocycles. The van der Waals surface area contributed by atoms with Crippen LogP contribution in [0.1, 0.15) is 40.3 Å². The Balaban J connectivity index is 1.72. The summed E-state index contributed by atoms with van der Waals surface area (Å²) in [5, 5.41) is 14.0. The highest BCUT2D eigenvalue weighted by Gasteiger charge is 2.43. The van der Waals surface area contributed by atoms with Crippen molar-refractivity contribution in [3.63, 3.8) is 0 Å². The van der Waals surface area contributed by atoms with Crippen LogP contribution in [0.3, 0.4) is 0 Å². The zero-order valence-electron chi connectivity index (χ0n) is 18.9. The first-order chi connectivity index (χ1) is 16.0. The van der Waals surface area contributed by atoms with Gasteiger partial charge in [0.25, 0.3) is 0 Å². The number of anilines is 1. The number of aromatic nitrogens is 2. The van der Waals surface area contributed by atoms with Gasteiger partial charge in [0.05, 0.1) is 17.8 Å². The number of rotatable bonds is 4. The maximum absolute atomic E-state index is 9.85. The van der Waals surface area contributed by atoms with Crippen LogP contribution in [0.25, 0.3) is 5.69 Å². The van der Waals surface area contributed by atoms with Gasteiger partial charge in [-0.2, -0.15) is 0 Å². The Labute approximate surface area is 199 Å². The number of aromatic hydroxyl groups is 1. The summed E-state index contributed by atoms with van der Waals surface area (Å²) in [5.41, 5.74) is 7.85. The van der Waals surface area contributed by atoms with E-state index in [0.29, 0.717) is 5.11 Å². The van der Waals surface area contributed by atoms with E-state index in [-0.39, 0.29) is 17.8 Å². The molecule has 3 heterocycles. The summed E-state index contributed by atoms with van der Waals surface area (Å²) in [5.74, 6) is 0.230. The van der Waals surface area contributed by atoms with E-state index in [9.17, 15) is 5.11 Å². The van der Waals surface area contributed by atoms with Crippen molar-refractivity contribution in [2.24, 2.45) is 0 Å². The predicted molar refractivity (Wildman–Crippen MR) is 136 cm³/mol. The van der Waals surface area contributed by atoms with Crippen LogP contribution in [0, 0.1) is 20.8 Å². The molecule has 2 aromatic carbocycles. The molecule has 4 aromatic rings. The lowest BCUT2D eigenvalue weighted by atomic mass is 9.93. The number of pyridine rings is 1. The summed E-state index contributed by atoms with van der Waals surface area (Å²) in [4.78, 5) is 6.82. The van der Waals surface area contributed by atoms with Crippen molar-refractivity contribution >= 4 is 23.0 Å². The van der Waals surface area contributed by atoms with Gasteiger partial charge >= 0.3 is 0 Å². The minimum atomic E-state index is -0.115. The third kappa shape index (κ3) is 3.56. The lowest BCUT2D eigenvalue weighted by molar-refractivity contribution is 0.475. The normalized spacial score (nSPS) is 17.9. The Morgan fingerprint density at radius 3 is 2.21 bits per heavy atom. The van der Waals surface area contributed by atoms with Crippen LogP contribution < -0.4 is 10.2 Å². The average Bonchev–Trinajstić information content (AvgIpc) is 3.28. The lowest BCUT2D eigenvalue weighted by Gasteiger charge is -2.29. The number of nitrogens with zero attached hydrogens (tertiary/aromatic N) is 3. The van der Waals surface area contributed by atoms with Crippen LogP contribution >= 0.6 is 12.2 Å². The zero-order valence-corrected chi connectivity index (χ0v) is 19.7. The van der Waals surface area contributed by atoms with Gasteiger partial charge in [-0.3, -0.25) is 4.98 Å². The summed E-state index contributed by atoms with van der Waals surface area (Å²) in [6.07, 6.45) is 1.82. The molecule has 0 unspecified atom stereocenters. The molecule has 1 saturated heterocycles. The summed E-state index contributed by atoms with van der Waals surface area (Å²) in [7, 11) is 0. The van der Waals surface area contributed by atoms with Gasteiger partial charge in [-0.1, -0.05) is 24.3 Å². The first-order valence-electron chi connectivity index (χ1n) is 11.0. The standard InChI is InChI=1S/C27H26N4OS/c1-17-18(2)30(20-9-5-4-6-10-20)19(3)24(17)26-25(23-11-7-8-16-28-23)29-27(33)31(26)21-12-14-22(32)15-13-21/h4-16,25-26,32H,1-3H3,(H,29,33)/t25-,26-/m1/s1. The third-order valence-corrected chi connectivity index (χ3v) is 6.86. The first kappa shape index (κ1) is 21.2. The van der Waals surface area contributed by atoms with Gasteiger partial charge in [-0.05, 0) is 87.1 Å². The maximum atomic E-state index is 9.85. The van der Waals surface area contributed by atoms with Crippen LogP contribution in [0.5, 0.6) is 5.75 Å². The van der Waals surface area contributed by atoms with Gasteiger partial charge in [0.2, 0.25) is 0 Å². The highest BCUT2D eigenvalue weighted by atomic mass is 32.1. The van der Waals surface area contributed by atoms with Crippen molar-refractivity contribution in [3.8, 4) is 11.4 Å². The molecule has 0 saturated carbocycles. The number of hydrogen-bond acceptors (Lipinski definition) is 3. The number of phenols is 1. The van der Waals surface area contributed by atoms with Gasteiger partial charge in [-0.15, -0.1) is 0 Å². The molecule has 1 aliphatic heterocycles. The predicted octanol–water partition coefficient (Wildman–Crippen LogP) is 5.68. The Hall–Kier alpha value is -3.64. The van der Waals surface area contributed by atoms with Gasteiger partial charge < -0.3 is 19.9 Å². The first-order valence-corrected chi connectivity index (χ1v) is 11.4. The molecule has 0 spiro atoms. The van der Waals surface area contributed by atoms with E-state index in [1.165, 1.54) is 22.5 Å². The number of hydrogen-bond donors (Lipinski definition) is 2. The highest BCUT2D eigenvalue weighted by molar-refractivity contribution is 7.80. The third-order valence-electron chi connectivity index (χ3n) is 6.54. The second kappa shape index (κ2) is 8.37. The summed E-state index contributed by atoms with van der Waals surface area (Å²) in [6.45, 7) is 6.53. The Bertz CT molecular complexity index is 1300. The molecule has 5 nitrogen and oxygen atoms in total. The van der Waals surface area contributed by atoms with Crippen LogP contribution in [0.2, 0.25) is 0 Å². The SMILES string of the molecule is Cc1c([C@@H]2[C@@H](c3ccccn3)NC(=S)N2c2ccc(O)cc2)c(C)n(-c2ccccc2)c1C. The highest BCUT2D eigenvalue weighted by Crippen LogP contribution is 2.45. The second-order valence-corrected chi connectivity index (χ2v) is 8.78. The fourth-order valence-corrected chi connectivity index (χ4v) is 5.29. The number of para-hydroxylation sites is 1. The fraction of sp³-hybridized carbons (Fsp3) is 0.185. The van der Waals surface area contributed by atoms with E-state index in [1.54, 1.807) is 12.1 Å². The zero-order chi connectivity index (χ0) is 23.1. The maximum Gasteiger partial charge on any atom is 0.174 e. The Kier molecular flexibility index (Phi) is 5.38. The molecule has 0 aliphatic carbocycles. The molecule has 33 heavy (non-hydrogen) atoms. The van der Waals surface area contributed by atoms with E-state index in [0.717, 1.165) is 17.1 Å². The molecule has 0 radical (unpaired) electrons. The number of benzene rings is 2. The van der Waals surface area contributed by atoms with Crippen LogP contribution in [-0.2, 0) is 0 Å². The van der Waals surface area contributed by atoms with Gasteiger partial charge in [0.1, 0.15) is 5.75 Å². The van der Waals surface area contributed by atoms with Crippen molar-refractivity contribution in [1.29, 1.82) is 0 Å². The molecule has 166 valence electrons. The summed E-state index contributed by atoms with van der Waals surface area (Å²) >= 11 is 5.85. The van der Waals surface area contributed by atoms with Crippen molar-refractivity contribution in [2.75, 3.05) is 4.90 Å². The number of phenolic OH excluding ortho intramolecular Hbond substituents is 1. The summed E-state index contributed by atoms with van der Waals surface area (Å²) < 4.78 is 2.32. The van der Waals surface area contributed by atoms with Crippen LogP contribution in [-0.4, -0.2) is 19.8 Å². The molecular weight excluding hydrogens is 428 g/mol. The van der Waals surface area contributed by atoms with Crippen molar-refractivity contribution < 1.29 is 5.11 Å². The molecular formula is C27H26N4OS. The molecule has 2 N–H and O–H groups in total. The van der Waals surface area contributed by atoms with E-state index in [1.807, 2.05) is 42.6 Å². The van der Waals surface area contributed by atoms with Gasteiger partial charge in [-0.25, -0.2) is 0 Å². The minimum Gasteiger partial charge on any atom is -0.508 e.